The number of aromatic nitrogens is 7. The summed E-state index contributed by atoms with van der Waals surface area (Å²) in [4.78, 5) is 60.3. The van der Waals surface area contributed by atoms with Crippen LogP contribution in [-0.4, -0.2) is 115 Å². The Morgan fingerprint density at radius 3 is 2.59 bits per heavy atom. The van der Waals surface area contributed by atoms with E-state index in [9.17, 15) is 28.0 Å². The highest BCUT2D eigenvalue weighted by Gasteiger charge is 2.49. The topological polar surface area (TPSA) is 175 Å². The van der Waals surface area contributed by atoms with Crippen molar-refractivity contribution in [1.29, 1.82) is 0 Å². The number of aryl methyl sites for hydroxylation is 1. The molecule has 63 heavy (non-hydrogen) atoms. The molecule has 1 atom stereocenters. The minimum Gasteiger partial charge on any atom is -0.380 e. The van der Waals surface area contributed by atoms with Crippen LogP contribution in [-0.2, 0) is 26.1 Å². The highest BCUT2D eigenvalue weighted by atomic mass is 19.3. The van der Waals surface area contributed by atoms with Gasteiger partial charge < -0.3 is 24.6 Å². The first-order chi connectivity index (χ1) is 30.5. The van der Waals surface area contributed by atoms with E-state index in [1.165, 1.54) is 26.0 Å². The predicted octanol–water partition coefficient (Wildman–Crippen LogP) is 3.85. The number of carbonyl (C=O) groups is 3. The largest absolute Gasteiger partial charge is 0.380 e. The molecule has 330 valence electrons. The van der Waals surface area contributed by atoms with Crippen molar-refractivity contribution in [1.82, 2.24) is 43.7 Å². The van der Waals surface area contributed by atoms with Gasteiger partial charge in [0.1, 0.15) is 24.0 Å². The fraction of sp³-hybridized carbons (Fsp3) is 0.523. The van der Waals surface area contributed by atoms with Gasteiger partial charge in [-0.25, -0.2) is 23.1 Å². The van der Waals surface area contributed by atoms with Crippen LogP contribution < -0.4 is 21.2 Å². The van der Waals surface area contributed by atoms with E-state index in [0.717, 1.165) is 90.3 Å². The molecule has 5 aliphatic rings. The maximum Gasteiger partial charge on any atom is 0.329 e. The van der Waals surface area contributed by atoms with Crippen molar-refractivity contribution in [3.63, 3.8) is 0 Å². The van der Waals surface area contributed by atoms with E-state index in [0.29, 0.717) is 28.2 Å². The number of piperidine rings is 2. The normalized spacial score (nSPS) is 22.9. The van der Waals surface area contributed by atoms with Gasteiger partial charge in [-0.2, -0.15) is 10.2 Å². The summed E-state index contributed by atoms with van der Waals surface area (Å²) in [5.41, 5.74) is 1.82. The molecule has 4 aromatic heterocycles. The van der Waals surface area contributed by atoms with Crippen molar-refractivity contribution in [2.75, 3.05) is 62.8 Å². The van der Waals surface area contributed by atoms with E-state index in [4.69, 9.17) is 14.5 Å². The Morgan fingerprint density at radius 1 is 1.06 bits per heavy atom. The summed E-state index contributed by atoms with van der Waals surface area (Å²) in [6, 6.07) is 6.48. The van der Waals surface area contributed by atoms with Gasteiger partial charge in [-0.05, 0) is 69.1 Å². The number of carbonyl (C=O) groups excluding carboxylic acids is 3. The molecular formula is C44H49F2N11O6. The Balaban J connectivity index is 0.695. The van der Waals surface area contributed by atoms with Crippen molar-refractivity contribution in [3.05, 3.63) is 70.2 Å². The molecule has 0 bridgehead atoms. The lowest BCUT2D eigenvalue weighted by molar-refractivity contribution is -0.135. The van der Waals surface area contributed by atoms with Gasteiger partial charge >= 0.3 is 5.69 Å². The van der Waals surface area contributed by atoms with Gasteiger partial charge in [0.25, 0.3) is 12.3 Å². The molecule has 0 radical (unpaired) electrons. The molecule has 1 spiro atoms. The lowest BCUT2D eigenvalue weighted by Crippen LogP contribution is -2.66. The van der Waals surface area contributed by atoms with Crippen LogP contribution in [0, 0.1) is 23.2 Å². The van der Waals surface area contributed by atoms with Crippen LogP contribution in [0.15, 0.2) is 47.7 Å². The van der Waals surface area contributed by atoms with Crippen molar-refractivity contribution in [2.24, 2.45) is 18.4 Å². The van der Waals surface area contributed by atoms with Crippen LogP contribution >= 0.6 is 0 Å². The number of alkyl halides is 2. The number of hydrogen-bond acceptors (Lipinski definition) is 11. The SMILES string of the molecule is Cn1c(=O)n(C2CCC(=O)NC2=O)c2cccc(C#CCOC3CCN(CC4CCC(n5cc(NC(=O)c6cnn7ccc(N8CC9(COC9)C8)nc67)c(C(F)F)n5)CC4)CC3)c21. The van der Waals surface area contributed by atoms with Gasteiger partial charge in [-0.1, -0.05) is 17.9 Å². The van der Waals surface area contributed by atoms with Gasteiger partial charge in [0.05, 0.1) is 59.3 Å². The zero-order valence-electron chi connectivity index (χ0n) is 35.0. The molecule has 1 aromatic carbocycles. The first kappa shape index (κ1) is 41.1. The Bertz CT molecular complexity index is 2700. The number of para-hydroxylation sites is 1. The second-order valence-corrected chi connectivity index (χ2v) is 17.8. The number of rotatable bonds is 10. The molecule has 2 N–H and O–H groups in total. The summed E-state index contributed by atoms with van der Waals surface area (Å²) >= 11 is 0. The smallest absolute Gasteiger partial charge is 0.329 e. The number of imide groups is 1. The highest BCUT2D eigenvalue weighted by Crippen LogP contribution is 2.40. The van der Waals surface area contributed by atoms with Crippen molar-refractivity contribution >= 4 is 45.9 Å². The highest BCUT2D eigenvalue weighted by molar-refractivity contribution is 6.08. The van der Waals surface area contributed by atoms with Gasteiger partial charge in [0, 0.05) is 58.6 Å². The summed E-state index contributed by atoms with van der Waals surface area (Å²) in [6.45, 7) is 6.18. The maximum atomic E-state index is 14.3. The van der Waals surface area contributed by atoms with Gasteiger partial charge in [-0.15, -0.1) is 0 Å². The Hall–Kier alpha value is -5.97. The van der Waals surface area contributed by atoms with Crippen LogP contribution in [0.4, 0.5) is 20.3 Å². The molecule has 1 saturated carbocycles. The van der Waals surface area contributed by atoms with E-state index in [-0.39, 0.29) is 59.9 Å². The fourth-order valence-electron chi connectivity index (χ4n) is 10.0. The standard InChI is InChI=1S/C44H49F2N11O6/c1-52-38-28(4-2-6-33(38)57(43(52)61)34-11-12-36(58)50-42(34)60)5-3-19-63-30-13-16-53(17-14-30)21-27-7-9-29(10-8-27)56-22-32(37(51-56)39(45)46)48-41(59)31-20-47-55-18-15-35(49-40(31)55)54-23-44(24-54)25-62-26-44/h2,4,6,15,18,20,22,27,29-30,34,39H,7-14,16-17,19,21,23-26H2,1H3,(H,48,59)(H,50,58,60). The predicted molar refractivity (Wildman–Crippen MR) is 225 cm³/mol. The molecule has 5 fully saturated rings. The number of ether oxygens (including phenoxy) is 2. The first-order valence-corrected chi connectivity index (χ1v) is 21.7. The maximum absolute atomic E-state index is 14.3. The number of fused-ring (bicyclic) bond motifs is 2. The van der Waals surface area contributed by atoms with Crippen LogP contribution in [0.25, 0.3) is 16.7 Å². The molecule has 8 heterocycles. The molecule has 1 aliphatic carbocycles. The monoisotopic (exact) mass is 865 g/mol. The summed E-state index contributed by atoms with van der Waals surface area (Å²) in [5, 5.41) is 13.6. The van der Waals surface area contributed by atoms with E-state index < -0.39 is 30.0 Å². The molecule has 1 unspecified atom stereocenters. The van der Waals surface area contributed by atoms with Crippen LogP contribution in [0.3, 0.4) is 0 Å². The summed E-state index contributed by atoms with van der Waals surface area (Å²) in [6.07, 6.45) is 7.60. The number of hydrogen-bond donors (Lipinski definition) is 2. The summed E-state index contributed by atoms with van der Waals surface area (Å²) in [7, 11) is 1.66. The molecule has 3 amide bonds. The molecule has 10 rings (SSSR count). The second kappa shape index (κ2) is 16.6. The van der Waals surface area contributed by atoms with Gasteiger partial charge in [-0.3, -0.25) is 33.5 Å². The first-order valence-electron chi connectivity index (χ1n) is 21.7. The fourth-order valence-corrected chi connectivity index (χ4v) is 10.0. The quantitative estimate of drug-likeness (QED) is 0.154. The van der Waals surface area contributed by atoms with Gasteiger partial charge in [0.2, 0.25) is 11.8 Å². The van der Waals surface area contributed by atoms with E-state index in [2.05, 4.69) is 42.5 Å². The average molecular weight is 866 g/mol. The number of halogens is 2. The van der Waals surface area contributed by atoms with Crippen molar-refractivity contribution in [3.8, 4) is 11.8 Å². The molecule has 17 nitrogen and oxygen atoms in total. The minimum atomic E-state index is -2.86. The Kier molecular flexibility index (Phi) is 10.8. The third-order valence-corrected chi connectivity index (χ3v) is 13.5. The minimum absolute atomic E-state index is 0.00981. The number of nitrogens with zero attached hydrogens (tertiary/aromatic N) is 9. The second-order valence-electron chi connectivity index (χ2n) is 17.8. The van der Waals surface area contributed by atoms with E-state index in [1.54, 1.807) is 24.0 Å². The lowest BCUT2D eigenvalue weighted by Gasteiger charge is -2.55. The summed E-state index contributed by atoms with van der Waals surface area (Å²) < 4.78 is 46.2. The van der Waals surface area contributed by atoms with E-state index >= 15 is 0 Å². The number of benzene rings is 1. The van der Waals surface area contributed by atoms with Gasteiger partial charge in [0.15, 0.2) is 11.3 Å². The number of imidazole rings is 1. The summed E-state index contributed by atoms with van der Waals surface area (Å²) in [5.74, 6) is 6.11. The van der Waals surface area contributed by atoms with Crippen molar-refractivity contribution < 1.29 is 32.6 Å². The molecular weight excluding hydrogens is 817 g/mol. The van der Waals surface area contributed by atoms with Crippen LogP contribution in [0.5, 0.6) is 0 Å². The average Bonchev–Trinajstić information content (AvgIpc) is 3.94. The lowest BCUT2D eigenvalue weighted by atomic mass is 9.78. The number of likely N-dealkylation sites (tertiary alicyclic amines) is 1. The Morgan fingerprint density at radius 2 is 1.86 bits per heavy atom. The third kappa shape index (κ3) is 7.88. The third-order valence-electron chi connectivity index (χ3n) is 13.5. The molecule has 19 heteroatoms. The number of nitrogens with one attached hydrogen (secondary N) is 2. The molecule has 4 aliphatic heterocycles. The van der Waals surface area contributed by atoms with E-state index in [1.807, 2.05) is 18.2 Å². The van der Waals surface area contributed by atoms with Crippen LogP contribution in [0.1, 0.15) is 91.5 Å². The zero-order valence-corrected chi connectivity index (χ0v) is 35.0. The number of anilines is 2. The Labute approximate surface area is 360 Å². The number of amides is 3. The van der Waals surface area contributed by atoms with Crippen molar-refractivity contribution in [2.45, 2.75) is 76.0 Å². The molecule has 5 aromatic rings. The zero-order chi connectivity index (χ0) is 43.4. The van der Waals surface area contributed by atoms with Crippen LogP contribution in [0.2, 0.25) is 0 Å². The molecule has 4 saturated heterocycles.